The van der Waals surface area contributed by atoms with Gasteiger partial charge in [0.15, 0.2) is 0 Å². The summed E-state index contributed by atoms with van der Waals surface area (Å²) in [6, 6.07) is 23.2. The third-order valence-electron chi connectivity index (χ3n) is 5.16. The molecule has 1 amide bonds. The molecule has 4 rings (SSSR count). The lowest BCUT2D eigenvalue weighted by Crippen LogP contribution is -2.46. The number of anilines is 1. The largest absolute Gasteiger partial charge is 0.480 e. The molecule has 0 fully saturated rings. The van der Waals surface area contributed by atoms with E-state index in [4.69, 9.17) is 9.15 Å². The highest BCUT2D eigenvalue weighted by Gasteiger charge is 2.34. The van der Waals surface area contributed by atoms with Gasteiger partial charge in [0.25, 0.3) is 0 Å². The Balaban J connectivity index is 1.73. The van der Waals surface area contributed by atoms with Gasteiger partial charge in [0, 0.05) is 22.3 Å². The zero-order valence-electron chi connectivity index (χ0n) is 17.2. The maximum atomic E-state index is 12.6. The minimum Gasteiger partial charge on any atom is -0.480 e. The second kappa shape index (κ2) is 9.28. The third kappa shape index (κ3) is 4.53. The van der Waals surface area contributed by atoms with Crippen molar-refractivity contribution < 1.29 is 23.8 Å². The normalized spacial score (nSPS) is 11.8. The molecule has 1 atom stereocenters. The molecular formula is C25H20BrNO5. The highest BCUT2D eigenvalue weighted by molar-refractivity contribution is 9.10. The number of amides is 1. The lowest BCUT2D eigenvalue weighted by molar-refractivity contribution is -0.138. The molecule has 0 radical (unpaired) electrons. The molecule has 0 bridgehead atoms. The molecule has 1 aromatic heterocycles. The maximum Gasteiger partial charge on any atom is 0.417 e. The van der Waals surface area contributed by atoms with Crippen molar-refractivity contribution in [2.75, 3.05) is 12.0 Å². The zero-order chi connectivity index (χ0) is 22.7. The van der Waals surface area contributed by atoms with Crippen LogP contribution < -0.4 is 4.90 Å². The van der Waals surface area contributed by atoms with Crippen molar-refractivity contribution in [2.24, 2.45) is 0 Å². The van der Waals surface area contributed by atoms with Crippen LogP contribution in [0, 0.1) is 0 Å². The van der Waals surface area contributed by atoms with Crippen LogP contribution in [0.3, 0.4) is 0 Å². The van der Waals surface area contributed by atoms with Gasteiger partial charge in [-0.1, -0.05) is 64.5 Å². The van der Waals surface area contributed by atoms with Gasteiger partial charge in [-0.05, 0) is 41.0 Å². The lowest BCUT2D eigenvalue weighted by Gasteiger charge is -2.25. The smallest absolute Gasteiger partial charge is 0.417 e. The maximum absolute atomic E-state index is 12.6. The van der Waals surface area contributed by atoms with Crippen molar-refractivity contribution in [1.82, 2.24) is 0 Å². The molecule has 1 N–H and O–H groups in total. The summed E-state index contributed by atoms with van der Waals surface area (Å²) in [6.07, 6.45) is -0.721. The summed E-state index contributed by atoms with van der Waals surface area (Å²) in [5.74, 6) is -1.05. The van der Waals surface area contributed by atoms with Crippen molar-refractivity contribution in [3.05, 3.63) is 88.9 Å². The number of nitrogens with zero attached hydrogens (tertiary/aromatic N) is 1. The molecular weight excluding hydrogens is 474 g/mol. The van der Waals surface area contributed by atoms with Crippen LogP contribution in [0.15, 0.2) is 87.8 Å². The molecule has 6 nitrogen and oxygen atoms in total. The average Bonchev–Trinajstić information content (AvgIpc) is 3.23. The summed E-state index contributed by atoms with van der Waals surface area (Å²) in [6.45, 7) is 0. The van der Waals surface area contributed by atoms with E-state index >= 15 is 0 Å². The molecule has 0 unspecified atom stereocenters. The summed E-state index contributed by atoms with van der Waals surface area (Å²) in [4.78, 5) is 25.8. The van der Waals surface area contributed by atoms with Gasteiger partial charge in [0.1, 0.15) is 11.6 Å². The van der Waals surface area contributed by atoms with Crippen LogP contribution in [0.5, 0.6) is 0 Å². The minimum absolute atomic E-state index is 0.0873. The van der Waals surface area contributed by atoms with Crippen LogP contribution in [0.4, 0.5) is 10.7 Å². The van der Waals surface area contributed by atoms with Gasteiger partial charge in [-0.15, -0.1) is 0 Å². The first-order valence-corrected chi connectivity index (χ1v) is 10.7. The quantitative estimate of drug-likeness (QED) is 0.349. The van der Waals surface area contributed by atoms with Gasteiger partial charge in [-0.25, -0.2) is 14.5 Å². The number of carboxylic acid groups (broad SMARTS) is 1. The monoisotopic (exact) mass is 493 g/mol. The van der Waals surface area contributed by atoms with Crippen LogP contribution in [0.25, 0.3) is 22.1 Å². The molecule has 0 aliphatic carbocycles. The summed E-state index contributed by atoms with van der Waals surface area (Å²) in [5, 5.41) is 10.7. The van der Waals surface area contributed by atoms with E-state index in [9.17, 15) is 14.7 Å². The van der Waals surface area contributed by atoms with E-state index in [1.165, 1.54) is 7.11 Å². The van der Waals surface area contributed by atoms with Crippen LogP contribution in [0.1, 0.15) is 5.56 Å². The standard InChI is InChI=1S/C25H20BrNO5/c1-31-25(30)27(21(24(28)29)13-16-7-10-20(26)11-8-16)23-15-19-14-18(9-12-22(19)32-23)17-5-3-2-4-6-17/h2-12,14-15,21H,13H2,1H3,(H,28,29)/t21-/m1/s1. The first-order chi connectivity index (χ1) is 15.5. The Morgan fingerprint density at radius 3 is 2.38 bits per heavy atom. The van der Waals surface area contributed by atoms with Crippen molar-refractivity contribution in [3.63, 3.8) is 0 Å². The Hall–Kier alpha value is -3.58. The fourth-order valence-electron chi connectivity index (χ4n) is 3.56. The highest BCUT2D eigenvalue weighted by Crippen LogP contribution is 2.32. The highest BCUT2D eigenvalue weighted by atomic mass is 79.9. The van der Waals surface area contributed by atoms with E-state index in [0.29, 0.717) is 5.58 Å². The van der Waals surface area contributed by atoms with Gasteiger partial charge in [0.2, 0.25) is 5.88 Å². The Morgan fingerprint density at radius 2 is 1.72 bits per heavy atom. The Labute approximate surface area is 193 Å². The van der Waals surface area contributed by atoms with Gasteiger partial charge < -0.3 is 14.3 Å². The summed E-state index contributed by atoms with van der Waals surface area (Å²) < 4.78 is 11.7. The molecule has 0 saturated heterocycles. The number of methoxy groups -OCH3 is 1. The van der Waals surface area contributed by atoms with E-state index in [-0.39, 0.29) is 12.3 Å². The Bertz CT molecular complexity index is 1250. The SMILES string of the molecule is COC(=O)N(c1cc2cc(-c3ccccc3)ccc2o1)[C@H](Cc1ccc(Br)cc1)C(=O)O. The van der Waals surface area contributed by atoms with E-state index in [0.717, 1.165) is 31.4 Å². The van der Waals surface area contributed by atoms with Crippen molar-refractivity contribution >= 4 is 44.8 Å². The van der Waals surface area contributed by atoms with Crippen LogP contribution in [-0.4, -0.2) is 30.3 Å². The van der Waals surface area contributed by atoms with Crippen molar-refractivity contribution in [2.45, 2.75) is 12.5 Å². The number of carbonyl (C=O) groups excluding carboxylic acids is 1. The number of fused-ring (bicyclic) bond motifs is 1. The van der Waals surface area contributed by atoms with Gasteiger partial charge >= 0.3 is 12.1 Å². The average molecular weight is 494 g/mol. The van der Waals surface area contributed by atoms with Crippen LogP contribution in [0.2, 0.25) is 0 Å². The second-order valence-corrected chi connectivity index (χ2v) is 8.14. The van der Waals surface area contributed by atoms with E-state index in [1.807, 2.05) is 54.6 Å². The molecule has 4 aromatic rings. The van der Waals surface area contributed by atoms with Gasteiger partial charge in [-0.3, -0.25) is 0 Å². The lowest BCUT2D eigenvalue weighted by atomic mass is 10.0. The molecule has 7 heteroatoms. The molecule has 0 saturated carbocycles. The number of furan rings is 1. The minimum atomic E-state index is -1.21. The van der Waals surface area contributed by atoms with E-state index < -0.39 is 18.1 Å². The Morgan fingerprint density at radius 1 is 1.00 bits per heavy atom. The van der Waals surface area contributed by atoms with Crippen molar-refractivity contribution in [1.29, 1.82) is 0 Å². The van der Waals surface area contributed by atoms with Crippen LogP contribution in [-0.2, 0) is 16.0 Å². The molecule has 3 aromatic carbocycles. The predicted octanol–water partition coefficient (Wildman–Crippen LogP) is 6.13. The summed E-state index contributed by atoms with van der Waals surface area (Å²) in [5.41, 5.74) is 3.33. The topological polar surface area (TPSA) is 80.0 Å². The molecule has 162 valence electrons. The van der Waals surface area contributed by atoms with Gasteiger partial charge in [0.05, 0.1) is 7.11 Å². The third-order valence-corrected chi connectivity index (χ3v) is 5.69. The zero-order valence-corrected chi connectivity index (χ0v) is 18.8. The first kappa shape index (κ1) is 21.6. The summed E-state index contributed by atoms with van der Waals surface area (Å²) >= 11 is 3.37. The number of hydrogen-bond acceptors (Lipinski definition) is 4. The molecule has 0 spiro atoms. The Kier molecular flexibility index (Phi) is 6.28. The number of carbonyl (C=O) groups is 2. The number of rotatable bonds is 6. The van der Waals surface area contributed by atoms with Crippen LogP contribution >= 0.6 is 15.9 Å². The first-order valence-electron chi connectivity index (χ1n) is 9.89. The second-order valence-electron chi connectivity index (χ2n) is 7.23. The number of carboxylic acids is 1. The van der Waals surface area contributed by atoms with E-state index in [1.54, 1.807) is 24.3 Å². The number of halogens is 1. The fourth-order valence-corrected chi connectivity index (χ4v) is 3.82. The predicted molar refractivity (Wildman–Crippen MR) is 126 cm³/mol. The summed E-state index contributed by atoms with van der Waals surface area (Å²) in [7, 11) is 1.21. The van der Waals surface area contributed by atoms with Crippen molar-refractivity contribution in [3.8, 4) is 11.1 Å². The fraction of sp³-hybridized carbons (Fsp3) is 0.120. The number of aliphatic carboxylic acids is 1. The number of ether oxygens (including phenoxy) is 1. The molecule has 0 aliphatic heterocycles. The number of hydrogen-bond donors (Lipinski definition) is 1. The number of benzene rings is 3. The van der Waals surface area contributed by atoms with E-state index in [2.05, 4.69) is 15.9 Å². The molecule has 0 aliphatic rings. The molecule has 1 heterocycles. The molecule has 32 heavy (non-hydrogen) atoms. The van der Waals surface area contributed by atoms with Gasteiger partial charge in [-0.2, -0.15) is 0 Å².